The van der Waals surface area contributed by atoms with Crippen LogP contribution in [0, 0.1) is 0 Å². The standard InChI is InChI=1S/C18H32O14/c1-4-7(20)9(22)11(24)17(29-4)31-14-6(3-19)30-18(12(25)10(14)23)32-15-8(21)5(2)28-16(27)13(15)26/h4-27H,3H2,1-2H3/t4-,5+,6+,7-,8-,9+,10+,11+,12+,13+,14+,15-,16+,17-,18-/m0/s1. The highest BCUT2D eigenvalue weighted by Crippen LogP contribution is 2.31. The highest BCUT2D eigenvalue weighted by Gasteiger charge is 2.52. The fraction of sp³-hybridized carbons (Fsp3) is 1.00. The lowest BCUT2D eigenvalue weighted by molar-refractivity contribution is -0.375. The van der Waals surface area contributed by atoms with Gasteiger partial charge in [0.05, 0.1) is 18.8 Å². The molecular formula is C18H32O14. The molecule has 9 N–H and O–H groups in total. The van der Waals surface area contributed by atoms with Crippen molar-refractivity contribution in [2.75, 3.05) is 6.61 Å². The van der Waals surface area contributed by atoms with Crippen LogP contribution >= 0.6 is 0 Å². The van der Waals surface area contributed by atoms with Gasteiger partial charge in [0.15, 0.2) is 18.9 Å². The van der Waals surface area contributed by atoms with E-state index in [0.717, 1.165) is 0 Å². The van der Waals surface area contributed by atoms with Crippen LogP contribution < -0.4 is 0 Å². The number of aliphatic hydroxyl groups is 9. The first-order valence-corrected chi connectivity index (χ1v) is 10.3. The first kappa shape index (κ1) is 26.1. The Labute approximate surface area is 183 Å². The van der Waals surface area contributed by atoms with Gasteiger partial charge in [0.1, 0.15) is 61.0 Å². The van der Waals surface area contributed by atoms with Crippen molar-refractivity contribution in [1.29, 1.82) is 0 Å². The summed E-state index contributed by atoms with van der Waals surface area (Å²) in [5, 5.41) is 90.6. The number of hydrogen-bond donors (Lipinski definition) is 9. The average molecular weight is 472 g/mol. The number of ether oxygens (including phenoxy) is 5. The minimum absolute atomic E-state index is 0.740. The highest BCUT2D eigenvalue weighted by atomic mass is 16.7. The van der Waals surface area contributed by atoms with E-state index in [1.165, 1.54) is 13.8 Å². The van der Waals surface area contributed by atoms with E-state index < -0.39 is 98.7 Å². The molecule has 15 atom stereocenters. The van der Waals surface area contributed by atoms with Crippen LogP contribution in [-0.4, -0.2) is 145 Å². The fourth-order valence-corrected chi connectivity index (χ4v) is 3.94. The van der Waals surface area contributed by atoms with Crippen molar-refractivity contribution in [3.63, 3.8) is 0 Å². The molecule has 0 aromatic carbocycles. The Balaban J connectivity index is 1.70. The number of hydrogen-bond acceptors (Lipinski definition) is 14. The lowest BCUT2D eigenvalue weighted by atomic mass is 9.96. The third-order valence-corrected chi connectivity index (χ3v) is 6.01. The Morgan fingerprint density at radius 1 is 0.562 bits per heavy atom. The van der Waals surface area contributed by atoms with Crippen LogP contribution in [0.25, 0.3) is 0 Å². The summed E-state index contributed by atoms with van der Waals surface area (Å²) in [6.07, 6.45) is -22.4. The zero-order valence-electron chi connectivity index (χ0n) is 17.4. The molecule has 0 spiro atoms. The lowest BCUT2D eigenvalue weighted by Gasteiger charge is -2.47. The molecule has 0 unspecified atom stereocenters. The minimum Gasteiger partial charge on any atom is -0.394 e. The summed E-state index contributed by atoms with van der Waals surface area (Å²) >= 11 is 0. The van der Waals surface area contributed by atoms with Crippen molar-refractivity contribution in [2.24, 2.45) is 0 Å². The molecule has 188 valence electrons. The van der Waals surface area contributed by atoms with Gasteiger partial charge in [-0.15, -0.1) is 0 Å². The van der Waals surface area contributed by atoms with Crippen LogP contribution in [0.5, 0.6) is 0 Å². The Morgan fingerprint density at radius 3 is 1.72 bits per heavy atom. The van der Waals surface area contributed by atoms with Gasteiger partial charge >= 0.3 is 0 Å². The maximum Gasteiger partial charge on any atom is 0.187 e. The predicted octanol–water partition coefficient (Wildman–Crippen LogP) is -5.52. The molecule has 14 nitrogen and oxygen atoms in total. The van der Waals surface area contributed by atoms with Gasteiger partial charge in [0.25, 0.3) is 0 Å². The monoisotopic (exact) mass is 472 g/mol. The predicted molar refractivity (Wildman–Crippen MR) is 98.4 cm³/mol. The topological polar surface area (TPSA) is 228 Å². The summed E-state index contributed by atoms with van der Waals surface area (Å²) in [4.78, 5) is 0. The van der Waals surface area contributed by atoms with Crippen LogP contribution in [0.15, 0.2) is 0 Å². The van der Waals surface area contributed by atoms with Gasteiger partial charge in [-0.2, -0.15) is 0 Å². The largest absolute Gasteiger partial charge is 0.394 e. The van der Waals surface area contributed by atoms with Gasteiger partial charge in [0, 0.05) is 0 Å². The van der Waals surface area contributed by atoms with E-state index >= 15 is 0 Å². The Kier molecular flexibility index (Phi) is 8.44. The van der Waals surface area contributed by atoms with E-state index in [0.29, 0.717) is 0 Å². The van der Waals surface area contributed by atoms with Crippen molar-refractivity contribution in [2.45, 2.75) is 106 Å². The van der Waals surface area contributed by atoms with Crippen molar-refractivity contribution in [3.05, 3.63) is 0 Å². The number of rotatable bonds is 5. The molecule has 3 aliphatic rings. The first-order chi connectivity index (χ1) is 15.0. The van der Waals surface area contributed by atoms with Gasteiger partial charge < -0.3 is 69.6 Å². The molecule has 0 saturated carbocycles. The van der Waals surface area contributed by atoms with Crippen LogP contribution in [0.2, 0.25) is 0 Å². The SMILES string of the molecule is C[C@@H]1O[C@@H](O[C@H]2[C@H](O)[C@@H](O)[C@H](O[C@@H]3[C@@H](O)[C@H](O)O[C@H](C)[C@@H]3O)O[C@@H]2CO)[C@H](O)[C@H](O)[C@H]1O. The van der Waals surface area contributed by atoms with E-state index in [1.807, 2.05) is 0 Å². The van der Waals surface area contributed by atoms with E-state index in [1.54, 1.807) is 0 Å². The van der Waals surface area contributed by atoms with Crippen molar-refractivity contribution in [3.8, 4) is 0 Å². The quantitative estimate of drug-likeness (QED) is 0.182. The molecule has 3 aliphatic heterocycles. The van der Waals surface area contributed by atoms with Crippen LogP contribution in [0.1, 0.15) is 13.8 Å². The maximum absolute atomic E-state index is 10.6. The lowest BCUT2D eigenvalue weighted by Crippen LogP contribution is -2.66. The molecule has 0 amide bonds. The third kappa shape index (κ3) is 4.94. The average Bonchev–Trinajstić information content (AvgIpc) is 2.76. The second-order valence-electron chi connectivity index (χ2n) is 8.30. The first-order valence-electron chi connectivity index (χ1n) is 10.3. The summed E-state index contributed by atoms with van der Waals surface area (Å²) < 4.78 is 26.6. The van der Waals surface area contributed by atoms with Gasteiger partial charge in [-0.25, -0.2) is 0 Å². The fourth-order valence-electron chi connectivity index (χ4n) is 3.94. The van der Waals surface area contributed by atoms with Gasteiger partial charge in [-0.05, 0) is 13.8 Å². The van der Waals surface area contributed by atoms with Gasteiger partial charge in [-0.3, -0.25) is 0 Å². The molecular weight excluding hydrogens is 440 g/mol. The summed E-state index contributed by atoms with van der Waals surface area (Å²) in [5.74, 6) is 0. The van der Waals surface area contributed by atoms with E-state index in [-0.39, 0.29) is 0 Å². The van der Waals surface area contributed by atoms with Crippen molar-refractivity contribution >= 4 is 0 Å². The van der Waals surface area contributed by atoms with E-state index in [2.05, 4.69) is 0 Å². The molecule has 0 bridgehead atoms. The molecule has 0 aliphatic carbocycles. The summed E-state index contributed by atoms with van der Waals surface area (Å²) in [6.45, 7) is 2.10. The molecule has 0 aromatic heterocycles. The Morgan fingerprint density at radius 2 is 1.09 bits per heavy atom. The smallest absolute Gasteiger partial charge is 0.187 e. The van der Waals surface area contributed by atoms with Crippen molar-refractivity contribution in [1.82, 2.24) is 0 Å². The molecule has 3 saturated heterocycles. The second-order valence-corrected chi connectivity index (χ2v) is 8.30. The zero-order chi connectivity index (χ0) is 23.9. The van der Waals surface area contributed by atoms with Gasteiger partial charge in [-0.1, -0.05) is 0 Å². The Hall–Kier alpha value is -0.560. The minimum atomic E-state index is -1.81. The van der Waals surface area contributed by atoms with Crippen molar-refractivity contribution < 1.29 is 69.6 Å². The molecule has 0 aromatic rings. The van der Waals surface area contributed by atoms with Crippen LogP contribution in [0.4, 0.5) is 0 Å². The molecule has 3 heterocycles. The second kappa shape index (κ2) is 10.4. The van der Waals surface area contributed by atoms with Crippen LogP contribution in [-0.2, 0) is 23.7 Å². The number of aliphatic hydroxyl groups excluding tert-OH is 9. The zero-order valence-corrected chi connectivity index (χ0v) is 17.4. The summed E-state index contributed by atoms with van der Waals surface area (Å²) in [5.41, 5.74) is 0. The van der Waals surface area contributed by atoms with Crippen LogP contribution in [0.3, 0.4) is 0 Å². The van der Waals surface area contributed by atoms with E-state index in [4.69, 9.17) is 23.7 Å². The molecule has 0 radical (unpaired) electrons. The molecule has 14 heteroatoms. The normalized spacial score (nSPS) is 55.0. The third-order valence-electron chi connectivity index (χ3n) is 6.01. The molecule has 3 rings (SSSR count). The molecule has 32 heavy (non-hydrogen) atoms. The van der Waals surface area contributed by atoms with Gasteiger partial charge in [0.2, 0.25) is 0 Å². The Bertz CT molecular complexity index is 594. The summed E-state index contributed by atoms with van der Waals surface area (Å²) in [6, 6.07) is 0. The maximum atomic E-state index is 10.6. The highest BCUT2D eigenvalue weighted by molar-refractivity contribution is 4.95. The summed E-state index contributed by atoms with van der Waals surface area (Å²) in [7, 11) is 0. The molecule has 3 fully saturated rings. The van der Waals surface area contributed by atoms with E-state index in [9.17, 15) is 46.0 Å².